The molecule has 0 amide bonds. The predicted octanol–water partition coefficient (Wildman–Crippen LogP) is 5.25. The summed E-state index contributed by atoms with van der Waals surface area (Å²) in [5.74, 6) is 0. The van der Waals surface area contributed by atoms with E-state index in [2.05, 4.69) is 23.7 Å². The summed E-state index contributed by atoms with van der Waals surface area (Å²) in [5.41, 5.74) is 2.73. The Kier molecular flexibility index (Phi) is 5.28. The lowest BCUT2D eigenvalue weighted by Crippen LogP contribution is -2.18. The lowest BCUT2D eigenvalue weighted by atomic mass is 9.94. The van der Waals surface area contributed by atoms with Gasteiger partial charge in [-0.3, -0.25) is 0 Å². The molecule has 1 unspecified atom stereocenters. The summed E-state index contributed by atoms with van der Waals surface area (Å²) in [4.78, 5) is 1.28. The molecule has 0 aliphatic heterocycles. The quantitative estimate of drug-likeness (QED) is 0.747. The summed E-state index contributed by atoms with van der Waals surface area (Å²) in [6.07, 6.45) is 10.3. The number of likely N-dealkylation sites (N-methyl/N-ethyl adjacent to an activating group) is 1. The first kappa shape index (κ1) is 14.1. The van der Waals surface area contributed by atoms with Gasteiger partial charge in [-0.2, -0.15) is 0 Å². The molecule has 1 atom stereocenters. The van der Waals surface area contributed by atoms with E-state index in [-0.39, 0.29) is 0 Å². The molecular formula is C15H22ClNS. The van der Waals surface area contributed by atoms with Crippen LogP contribution in [0.15, 0.2) is 17.0 Å². The van der Waals surface area contributed by atoms with Crippen LogP contribution in [0.25, 0.3) is 0 Å². The SMILES string of the molecule is CNC(/C1=C/CCCCCC1)c1scc(C)c1Cl. The van der Waals surface area contributed by atoms with Gasteiger partial charge in [-0.1, -0.05) is 36.1 Å². The molecule has 1 aliphatic carbocycles. The summed E-state index contributed by atoms with van der Waals surface area (Å²) in [5, 5.41) is 6.55. The molecule has 0 aromatic carbocycles. The highest BCUT2D eigenvalue weighted by Gasteiger charge is 2.20. The van der Waals surface area contributed by atoms with Crippen LogP contribution in [0.1, 0.15) is 55.0 Å². The topological polar surface area (TPSA) is 12.0 Å². The second-order valence-corrected chi connectivity index (χ2v) is 6.34. The highest BCUT2D eigenvalue weighted by Crippen LogP contribution is 2.37. The van der Waals surface area contributed by atoms with Gasteiger partial charge in [0.15, 0.2) is 0 Å². The fourth-order valence-electron chi connectivity index (χ4n) is 2.61. The Morgan fingerprint density at radius 3 is 2.72 bits per heavy atom. The van der Waals surface area contributed by atoms with E-state index in [9.17, 15) is 0 Å². The first-order valence-electron chi connectivity index (χ1n) is 6.83. The summed E-state index contributed by atoms with van der Waals surface area (Å²) in [6.45, 7) is 2.08. The van der Waals surface area contributed by atoms with Crippen molar-refractivity contribution in [2.24, 2.45) is 0 Å². The molecule has 0 fully saturated rings. The highest BCUT2D eigenvalue weighted by molar-refractivity contribution is 7.10. The van der Waals surface area contributed by atoms with Gasteiger partial charge in [0.05, 0.1) is 11.1 Å². The third-order valence-electron chi connectivity index (χ3n) is 3.67. The minimum absolute atomic E-state index is 0.314. The Morgan fingerprint density at radius 2 is 2.06 bits per heavy atom. The molecule has 18 heavy (non-hydrogen) atoms. The molecule has 0 bridgehead atoms. The lowest BCUT2D eigenvalue weighted by Gasteiger charge is -2.21. The van der Waals surface area contributed by atoms with Crippen LogP contribution in [0.4, 0.5) is 0 Å². The fraction of sp³-hybridized carbons (Fsp3) is 0.600. The van der Waals surface area contributed by atoms with Crippen LogP contribution in [-0.4, -0.2) is 7.05 Å². The largest absolute Gasteiger partial charge is 0.309 e. The van der Waals surface area contributed by atoms with Crippen LogP contribution >= 0.6 is 22.9 Å². The number of thiophene rings is 1. The number of aryl methyl sites for hydroxylation is 1. The van der Waals surface area contributed by atoms with E-state index in [1.165, 1.54) is 54.5 Å². The standard InChI is InChI=1S/C15H22ClNS/c1-11-10-18-15(13(11)16)14(17-2)12-8-6-4-3-5-7-9-12/h8,10,14,17H,3-7,9H2,1-2H3/b12-8+. The van der Waals surface area contributed by atoms with Crippen molar-refractivity contribution in [2.45, 2.75) is 51.5 Å². The van der Waals surface area contributed by atoms with Gasteiger partial charge in [0.2, 0.25) is 0 Å². The normalized spacial score (nSPS) is 21.8. The molecule has 1 aromatic rings. The zero-order chi connectivity index (χ0) is 13.0. The molecule has 100 valence electrons. The van der Waals surface area contributed by atoms with Crippen molar-refractivity contribution in [1.82, 2.24) is 5.32 Å². The molecule has 1 nitrogen and oxygen atoms in total. The van der Waals surface area contributed by atoms with E-state index in [1.807, 2.05) is 7.05 Å². The van der Waals surface area contributed by atoms with Gasteiger partial charge in [-0.25, -0.2) is 0 Å². The summed E-state index contributed by atoms with van der Waals surface area (Å²) in [6, 6.07) is 0.314. The molecule has 1 aliphatic rings. The van der Waals surface area contributed by atoms with Crippen LogP contribution in [0.5, 0.6) is 0 Å². The average molecular weight is 284 g/mol. The molecule has 0 radical (unpaired) electrons. The van der Waals surface area contributed by atoms with Gasteiger partial charge in [-0.15, -0.1) is 11.3 Å². The number of allylic oxidation sites excluding steroid dienone is 1. The van der Waals surface area contributed by atoms with E-state index >= 15 is 0 Å². The number of halogens is 1. The van der Waals surface area contributed by atoms with Crippen molar-refractivity contribution >= 4 is 22.9 Å². The maximum absolute atomic E-state index is 6.42. The van der Waals surface area contributed by atoms with Gasteiger partial charge >= 0.3 is 0 Å². The van der Waals surface area contributed by atoms with E-state index in [0.717, 1.165) is 5.02 Å². The zero-order valence-electron chi connectivity index (χ0n) is 11.3. The van der Waals surface area contributed by atoms with Crippen molar-refractivity contribution in [3.05, 3.63) is 32.5 Å². The molecule has 0 saturated heterocycles. The number of rotatable bonds is 3. The smallest absolute Gasteiger partial charge is 0.0643 e. The van der Waals surface area contributed by atoms with Crippen molar-refractivity contribution in [2.75, 3.05) is 7.05 Å². The maximum atomic E-state index is 6.42. The monoisotopic (exact) mass is 283 g/mol. The molecule has 0 saturated carbocycles. The Bertz CT molecular complexity index is 422. The van der Waals surface area contributed by atoms with Gasteiger partial charge in [0.25, 0.3) is 0 Å². The van der Waals surface area contributed by atoms with Crippen LogP contribution < -0.4 is 5.32 Å². The highest BCUT2D eigenvalue weighted by atomic mass is 35.5. The molecule has 2 rings (SSSR count). The van der Waals surface area contributed by atoms with Gasteiger partial charge in [0, 0.05) is 4.88 Å². The number of hydrogen-bond donors (Lipinski definition) is 1. The van der Waals surface area contributed by atoms with Crippen molar-refractivity contribution in [1.29, 1.82) is 0 Å². The van der Waals surface area contributed by atoms with Gasteiger partial charge in [0.1, 0.15) is 0 Å². The van der Waals surface area contributed by atoms with E-state index in [1.54, 1.807) is 11.3 Å². The van der Waals surface area contributed by atoms with E-state index in [0.29, 0.717) is 6.04 Å². The van der Waals surface area contributed by atoms with E-state index in [4.69, 9.17) is 11.6 Å². The van der Waals surface area contributed by atoms with Crippen LogP contribution in [0.3, 0.4) is 0 Å². The number of hydrogen-bond acceptors (Lipinski definition) is 2. The fourth-order valence-corrected chi connectivity index (χ4v) is 4.06. The van der Waals surface area contributed by atoms with Crippen LogP contribution in [0.2, 0.25) is 5.02 Å². The van der Waals surface area contributed by atoms with Crippen molar-refractivity contribution in [3.8, 4) is 0 Å². The lowest BCUT2D eigenvalue weighted by molar-refractivity contribution is 0.577. The number of nitrogens with one attached hydrogen (secondary N) is 1. The molecular weight excluding hydrogens is 262 g/mol. The summed E-state index contributed by atoms with van der Waals surface area (Å²) < 4.78 is 0. The maximum Gasteiger partial charge on any atom is 0.0643 e. The minimum Gasteiger partial charge on any atom is -0.309 e. The summed E-state index contributed by atoms with van der Waals surface area (Å²) >= 11 is 8.20. The van der Waals surface area contributed by atoms with Crippen LogP contribution in [-0.2, 0) is 0 Å². The Hall–Kier alpha value is -0.310. The Balaban J connectivity index is 2.24. The second kappa shape index (κ2) is 6.74. The van der Waals surface area contributed by atoms with Crippen LogP contribution in [0, 0.1) is 6.92 Å². The van der Waals surface area contributed by atoms with Crippen molar-refractivity contribution < 1.29 is 0 Å². The van der Waals surface area contributed by atoms with Crippen molar-refractivity contribution in [3.63, 3.8) is 0 Å². The Morgan fingerprint density at radius 1 is 1.28 bits per heavy atom. The summed E-state index contributed by atoms with van der Waals surface area (Å²) in [7, 11) is 2.04. The Labute approximate surface area is 119 Å². The first-order valence-corrected chi connectivity index (χ1v) is 8.09. The molecule has 1 heterocycles. The minimum atomic E-state index is 0.314. The predicted molar refractivity (Wildman–Crippen MR) is 81.7 cm³/mol. The second-order valence-electron chi connectivity index (χ2n) is 5.05. The van der Waals surface area contributed by atoms with E-state index < -0.39 is 0 Å². The first-order chi connectivity index (χ1) is 8.74. The van der Waals surface area contributed by atoms with Gasteiger partial charge in [-0.05, 0) is 50.6 Å². The molecule has 3 heteroatoms. The molecule has 1 N–H and O–H groups in total. The molecule has 1 aromatic heterocycles. The van der Waals surface area contributed by atoms with Gasteiger partial charge < -0.3 is 5.32 Å². The average Bonchev–Trinajstić information content (AvgIpc) is 2.64. The third-order valence-corrected chi connectivity index (χ3v) is 5.45. The third kappa shape index (κ3) is 3.17. The zero-order valence-corrected chi connectivity index (χ0v) is 12.8. The molecule has 0 spiro atoms.